The Bertz CT molecular complexity index is 220. The van der Waals surface area contributed by atoms with Gasteiger partial charge in [0.15, 0.2) is 0 Å². The van der Waals surface area contributed by atoms with E-state index in [1.807, 2.05) is 30.3 Å². The van der Waals surface area contributed by atoms with Crippen molar-refractivity contribution in [2.24, 2.45) is 0 Å². The minimum absolute atomic E-state index is 0.476. The van der Waals surface area contributed by atoms with Crippen LogP contribution in [0.2, 0.25) is 0 Å². The lowest BCUT2D eigenvalue weighted by molar-refractivity contribution is 1.38. The molecule has 49 valence electrons. The third kappa shape index (κ3) is 1.83. The van der Waals surface area contributed by atoms with E-state index in [1.54, 1.807) is 0 Å². The Kier molecular flexibility index (Phi) is 2.39. The molecule has 0 fully saturated rings. The summed E-state index contributed by atoms with van der Waals surface area (Å²) in [6, 6.07) is 9.77. The summed E-state index contributed by atoms with van der Waals surface area (Å²) >= 11 is 0. The standard InChI is InChI=1S/C9H8N/c1-2-8-10-9-6-4-3-5-7-9/h3-7,10H,8H2. The van der Waals surface area contributed by atoms with Crippen LogP contribution in [0.15, 0.2) is 30.3 Å². The van der Waals surface area contributed by atoms with Gasteiger partial charge in [-0.2, -0.15) is 0 Å². The third-order valence-corrected chi connectivity index (χ3v) is 1.15. The number of hydrogen-bond acceptors (Lipinski definition) is 1. The second kappa shape index (κ2) is 3.58. The lowest BCUT2D eigenvalue weighted by Crippen LogP contribution is -1.96. The van der Waals surface area contributed by atoms with Gasteiger partial charge in [0.25, 0.3) is 0 Å². The predicted molar refractivity (Wildman–Crippen MR) is 42.1 cm³/mol. The van der Waals surface area contributed by atoms with E-state index in [9.17, 15) is 0 Å². The Morgan fingerprint density at radius 3 is 2.60 bits per heavy atom. The summed E-state index contributed by atoms with van der Waals surface area (Å²) in [6.45, 7) is 0.476. The van der Waals surface area contributed by atoms with Crippen molar-refractivity contribution in [2.45, 2.75) is 0 Å². The zero-order valence-corrected chi connectivity index (χ0v) is 5.59. The van der Waals surface area contributed by atoms with E-state index in [-0.39, 0.29) is 0 Å². The van der Waals surface area contributed by atoms with Gasteiger partial charge in [-0.1, -0.05) is 24.1 Å². The van der Waals surface area contributed by atoms with Gasteiger partial charge < -0.3 is 5.32 Å². The van der Waals surface area contributed by atoms with Crippen LogP contribution in [0.1, 0.15) is 0 Å². The molecule has 1 aromatic carbocycles. The Morgan fingerprint density at radius 2 is 2.00 bits per heavy atom. The van der Waals surface area contributed by atoms with Crippen LogP contribution in [0.5, 0.6) is 0 Å². The Balaban J connectivity index is 2.52. The minimum Gasteiger partial charge on any atom is -0.374 e. The quantitative estimate of drug-likeness (QED) is 0.601. The number of rotatable bonds is 2. The first-order valence-corrected chi connectivity index (χ1v) is 3.12. The van der Waals surface area contributed by atoms with Gasteiger partial charge in [0.2, 0.25) is 0 Å². The Labute approximate surface area is 61.1 Å². The van der Waals surface area contributed by atoms with Gasteiger partial charge >= 0.3 is 0 Å². The van der Waals surface area contributed by atoms with Gasteiger partial charge in [-0.3, -0.25) is 0 Å². The summed E-state index contributed by atoms with van der Waals surface area (Å²) in [5, 5.41) is 3.00. The molecule has 0 saturated heterocycles. The number of hydrogen-bond donors (Lipinski definition) is 1. The summed E-state index contributed by atoms with van der Waals surface area (Å²) in [5.74, 6) is 2.26. The highest BCUT2D eigenvalue weighted by molar-refractivity contribution is 5.43. The smallest absolute Gasteiger partial charge is 0.0776 e. The highest BCUT2D eigenvalue weighted by Gasteiger charge is 1.83. The first-order valence-electron chi connectivity index (χ1n) is 3.12. The molecule has 1 nitrogen and oxygen atoms in total. The molecule has 0 saturated carbocycles. The molecule has 0 aliphatic rings. The number of para-hydroxylation sites is 1. The summed E-state index contributed by atoms with van der Waals surface area (Å²) in [4.78, 5) is 0. The van der Waals surface area contributed by atoms with E-state index >= 15 is 0 Å². The van der Waals surface area contributed by atoms with Crippen molar-refractivity contribution in [3.05, 3.63) is 36.8 Å². The van der Waals surface area contributed by atoms with E-state index in [1.165, 1.54) is 0 Å². The van der Waals surface area contributed by atoms with Crippen LogP contribution in [-0.4, -0.2) is 6.54 Å². The number of anilines is 1. The summed E-state index contributed by atoms with van der Waals surface area (Å²) in [7, 11) is 0. The summed E-state index contributed by atoms with van der Waals surface area (Å²) in [6.07, 6.45) is 6.64. The largest absolute Gasteiger partial charge is 0.374 e. The molecule has 0 amide bonds. The van der Waals surface area contributed by atoms with Crippen molar-refractivity contribution >= 4 is 5.69 Å². The molecule has 0 atom stereocenters. The SMILES string of the molecule is [C]#CCNc1ccccc1. The first-order chi connectivity index (χ1) is 4.93. The molecule has 0 aromatic heterocycles. The fourth-order valence-electron chi connectivity index (χ4n) is 0.702. The zero-order valence-electron chi connectivity index (χ0n) is 5.59. The summed E-state index contributed by atoms with van der Waals surface area (Å²) < 4.78 is 0. The second-order valence-electron chi connectivity index (χ2n) is 1.90. The van der Waals surface area contributed by atoms with E-state index < -0.39 is 0 Å². The van der Waals surface area contributed by atoms with Crippen LogP contribution in [0.4, 0.5) is 5.69 Å². The summed E-state index contributed by atoms with van der Waals surface area (Å²) in [5.41, 5.74) is 1.03. The number of benzene rings is 1. The molecule has 0 heterocycles. The molecule has 0 unspecified atom stereocenters. The van der Waals surface area contributed by atoms with Crippen molar-refractivity contribution in [3.8, 4) is 5.92 Å². The fraction of sp³-hybridized carbons (Fsp3) is 0.111. The second-order valence-corrected chi connectivity index (χ2v) is 1.90. The maximum atomic E-state index is 6.64. The topological polar surface area (TPSA) is 12.0 Å². The Morgan fingerprint density at radius 1 is 1.30 bits per heavy atom. The van der Waals surface area contributed by atoms with E-state index in [4.69, 9.17) is 6.42 Å². The number of nitrogens with one attached hydrogen (secondary N) is 1. The van der Waals surface area contributed by atoms with Gasteiger partial charge in [0.1, 0.15) is 0 Å². The van der Waals surface area contributed by atoms with E-state index in [2.05, 4.69) is 11.2 Å². The maximum Gasteiger partial charge on any atom is 0.0776 e. The molecule has 1 heteroatoms. The normalized spacial score (nSPS) is 8.30. The molecule has 0 aliphatic heterocycles. The van der Waals surface area contributed by atoms with Gasteiger partial charge in [-0.05, 0) is 18.6 Å². The average molecular weight is 130 g/mol. The molecule has 1 rings (SSSR count). The maximum absolute atomic E-state index is 6.64. The van der Waals surface area contributed by atoms with Crippen molar-refractivity contribution in [1.29, 1.82) is 0 Å². The molecule has 0 aliphatic carbocycles. The average Bonchev–Trinajstić information content (AvgIpc) is 2.03. The minimum atomic E-state index is 0.476. The molecule has 0 spiro atoms. The van der Waals surface area contributed by atoms with Crippen LogP contribution in [-0.2, 0) is 0 Å². The molecule has 1 N–H and O–H groups in total. The van der Waals surface area contributed by atoms with Crippen LogP contribution in [0, 0.1) is 12.3 Å². The van der Waals surface area contributed by atoms with Crippen LogP contribution < -0.4 is 5.32 Å². The zero-order chi connectivity index (χ0) is 7.23. The predicted octanol–water partition coefficient (Wildman–Crippen LogP) is 1.69. The van der Waals surface area contributed by atoms with E-state index in [0.717, 1.165) is 5.69 Å². The van der Waals surface area contributed by atoms with Crippen molar-refractivity contribution in [1.82, 2.24) is 0 Å². The highest BCUT2D eigenvalue weighted by atomic mass is 14.8. The van der Waals surface area contributed by atoms with Crippen molar-refractivity contribution in [2.75, 3.05) is 11.9 Å². The van der Waals surface area contributed by atoms with Gasteiger partial charge in [-0.15, -0.1) is 0 Å². The monoisotopic (exact) mass is 130 g/mol. The van der Waals surface area contributed by atoms with Crippen LogP contribution >= 0.6 is 0 Å². The fourth-order valence-corrected chi connectivity index (χ4v) is 0.702. The molecule has 10 heavy (non-hydrogen) atoms. The van der Waals surface area contributed by atoms with Crippen molar-refractivity contribution in [3.63, 3.8) is 0 Å². The lowest BCUT2D eigenvalue weighted by atomic mass is 10.3. The van der Waals surface area contributed by atoms with E-state index in [0.29, 0.717) is 6.54 Å². The van der Waals surface area contributed by atoms with Crippen molar-refractivity contribution < 1.29 is 0 Å². The van der Waals surface area contributed by atoms with Crippen LogP contribution in [0.3, 0.4) is 0 Å². The van der Waals surface area contributed by atoms with Gasteiger partial charge in [0, 0.05) is 5.69 Å². The molecule has 0 bridgehead atoms. The lowest BCUT2D eigenvalue weighted by Gasteiger charge is -1.98. The van der Waals surface area contributed by atoms with Crippen LogP contribution in [0.25, 0.3) is 0 Å². The molecule has 1 radical (unpaired) electrons. The van der Waals surface area contributed by atoms with Gasteiger partial charge in [-0.25, -0.2) is 0 Å². The van der Waals surface area contributed by atoms with Gasteiger partial charge in [0.05, 0.1) is 6.54 Å². The molecular formula is C9H8N. The first kappa shape index (κ1) is 6.70. The highest BCUT2D eigenvalue weighted by Crippen LogP contribution is 2.02. The third-order valence-electron chi connectivity index (χ3n) is 1.15. The molecule has 1 aromatic rings. The molecular weight excluding hydrogens is 122 g/mol. The Hall–Kier alpha value is -1.42.